The Labute approximate surface area is 167 Å². The first-order valence-electron chi connectivity index (χ1n) is 9.75. The summed E-state index contributed by atoms with van der Waals surface area (Å²) in [5.74, 6) is -0.228. The second kappa shape index (κ2) is 8.45. The maximum Gasteiger partial charge on any atom is 0.221 e. The van der Waals surface area contributed by atoms with Crippen molar-refractivity contribution in [2.45, 2.75) is 56.7 Å². The van der Waals surface area contributed by atoms with Crippen LogP contribution in [0.15, 0.2) is 48.5 Å². The molecule has 1 aliphatic rings. The molecule has 0 bridgehead atoms. The number of nitrogens with one attached hydrogen (secondary N) is 1. The lowest BCUT2D eigenvalue weighted by atomic mass is 9.87. The molecule has 0 heterocycles. The predicted octanol–water partition coefficient (Wildman–Crippen LogP) is 3.35. The molecule has 0 aromatic heterocycles. The van der Waals surface area contributed by atoms with E-state index < -0.39 is 15.3 Å². The van der Waals surface area contributed by atoms with Gasteiger partial charge in [-0.05, 0) is 48.9 Å². The Morgan fingerprint density at radius 1 is 1.14 bits per heavy atom. The van der Waals surface area contributed by atoms with E-state index in [2.05, 4.69) is 16.9 Å². The van der Waals surface area contributed by atoms with E-state index >= 15 is 0 Å². The lowest BCUT2D eigenvalue weighted by molar-refractivity contribution is -0.117. The zero-order valence-corrected chi connectivity index (χ0v) is 17.2. The minimum atomic E-state index is -3.32. The molecule has 0 aliphatic heterocycles. The minimum Gasteiger partial charge on any atom is -0.369 e. The van der Waals surface area contributed by atoms with E-state index in [0.717, 1.165) is 41.5 Å². The molecule has 2 unspecified atom stereocenters. The molecule has 1 aliphatic carbocycles. The van der Waals surface area contributed by atoms with Crippen LogP contribution in [0.3, 0.4) is 0 Å². The van der Waals surface area contributed by atoms with Gasteiger partial charge in [-0.2, -0.15) is 0 Å². The van der Waals surface area contributed by atoms with Gasteiger partial charge in [-0.25, -0.2) is 13.1 Å². The molecular formula is C22H28N2O3S. The van der Waals surface area contributed by atoms with Gasteiger partial charge in [-0.1, -0.05) is 55.0 Å². The van der Waals surface area contributed by atoms with Crippen LogP contribution in [-0.2, 0) is 21.2 Å². The Morgan fingerprint density at radius 3 is 2.61 bits per heavy atom. The predicted molar refractivity (Wildman–Crippen MR) is 112 cm³/mol. The molecule has 2 atom stereocenters. The van der Waals surface area contributed by atoms with E-state index in [1.54, 1.807) is 13.8 Å². The van der Waals surface area contributed by atoms with Gasteiger partial charge in [0.1, 0.15) is 0 Å². The second-order valence-electron chi connectivity index (χ2n) is 7.79. The third-order valence-corrected chi connectivity index (χ3v) is 7.30. The van der Waals surface area contributed by atoms with Crippen molar-refractivity contribution in [2.75, 3.05) is 0 Å². The van der Waals surface area contributed by atoms with E-state index in [1.165, 1.54) is 0 Å². The highest BCUT2D eigenvalue weighted by Crippen LogP contribution is 2.40. The minimum absolute atomic E-state index is 0.0950. The molecule has 2 aromatic rings. The molecule has 3 rings (SSSR count). The fraction of sp³-hybridized carbons (Fsp3) is 0.409. The summed E-state index contributed by atoms with van der Waals surface area (Å²) in [5, 5.41) is -0.450. The van der Waals surface area contributed by atoms with Crippen molar-refractivity contribution in [1.29, 1.82) is 0 Å². The smallest absolute Gasteiger partial charge is 0.221 e. The molecule has 0 radical (unpaired) electrons. The standard InChI is InChI=1S/C22H28N2O3S/c1-15(2)28(26,27)24-21-12-6-11-20(21)19-10-4-3-9-18(19)17-8-5-7-16(13-17)14-22(23)25/h3-5,7-10,13,15,20-21,24H,6,11-12,14H2,1-2H3,(H2,23,25). The largest absolute Gasteiger partial charge is 0.369 e. The van der Waals surface area contributed by atoms with Crippen LogP contribution in [0, 0.1) is 0 Å². The number of nitrogens with two attached hydrogens (primary N) is 1. The number of hydrogen-bond donors (Lipinski definition) is 2. The molecule has 3 N–H and O–H groups in total. The van der Waals surface area contributed by atoms with Gasteiger partial charge in [0, 0.05) is 12.0 Å². The molecule has 6 heteroatoms. The highest BCUT2D eigenvalue weighted by Gasteiger charge is 2.33. The zero-order valence-electron chi connectivity index (χ0n) is 16.4. The number of amides is 1. The van der Waals surface area contributed by atoms with Crippen LogP contribution >= 0.6 is 0 Å². The van der Waals surface area contributed by atoms with Crippen molar-refractivity contribution >= 4 is 15.9 Å². The number of carbonyl (C=O) groups is 1. The summed E-state index contributed by atoms with van der Waals surface area (Å²) < 4.78 is 27.8. The van der Waals surface area contributed by atoms with Gasteiger partial charge >= 0.3 is 0 Å². The molecule has 5 nitrogen and oxygen atoms in total. The van der Waals surface area contributed by atoms with E-state index in [1.807, 2.05) is 36.4 Å². The van der Waals surface area contributed by atoms with Gasteiger partial charge in [-0.15, -0.1) is 0 Å². The highest BCUT2D eigenvalue weighted by atomic mass is 32.2. The normalized spacial score (nSPS) is 19.8. The van der Waals surface area contributed by atoms with Crippen LogP contribution in [0.1, 0.15) is 50.2 Å². The van der Waals surface area contributed by atoms with Crippen molar-refractivity contribution in [3.05, 3.63) is 59.7 Å². The Bertz CT molecular complexity index is 954. The fourth-order valence-corrected chi connectivity index (χ4v) is 4.93. The van der Waals surface area contributed by atoms with Crippen LogP contribution in [0.5, 0.6) is 0 Å². The lowest BCUT2D eigenvalue weighted by Crippen LogP contribution is -2.40. The molecule has 0 spiro atoms. The number of sulfonamides is 1. The van der Waals surface area contributed by atoms with E-state index in [9.17, 15) is 13.2 Å². The van der Waals surface area contributed by atoms with Crippen LogP contribution in [0.2, 0.25) is 0 Å². The molecular weight excluding hydrogens is 372 g/mol. The summed E-state index contributed by atoms with van der Waals surface area (Å²) in [7, 11) is -3.32. The first kappa shape index (κ1) is 20.6. The Kier molecular flexibility index (Phi) is 6.20. The maximum atomic E-state index is 12.4. The Balaban J connectivity index is 1.95. The highest BCUT2D eigenvalue weighted by molar-refractivity contribution is 7.90. The number of carbonyl (C=O) groups excluding carboxylic acids is 1. The lowest BCUT2D eigenvalue weighted by Gasteiger charge is -2.25. The first-order chi connectivity index (χ1) is 13.3. The maximum absolute atomic E-state index is 12.4. The van der Waals surface area contributed by atoms with Gasteiger partial charge in [0.15, 0.2) is 0 Å². The van der Waals surface area contributed by atoms with Crippen LogP contribution in [-0.4, -0.2) is 25.6 Å². The summed E-state index contributed by atoms with van der Waals surface area (Å²) in [6.07, 6.45) is 2.98. The van der Waals surface area contributed by atoms with E-state index in [0.29, 0.717) is 0 Å². The van der Waals surface area contributed by atoms with Gasteiger partial charge in [0.05, 0.1) is 11.7 Å². The topological polar surface area (TPSA) is 89.3 Å². The van der Waals surface area contributed by atoms with Crippen molar-refractivity contribution < 1.29 is 13.2 Å². The van der Waals surface area contributed by atoms with Gasteiger partial charge < -0.3 is 5.73 Å². The number of hydrogen-bond acceptors (Lipinski definition) is 3. The molecule has 1 saturated carbocycles. The third kappa shape index (κ3) is 4.62. The summed E-state index contributed by atoms with van der Waals surface area (Å²) >= 11 is 0. The van der Waals surface area contributed by atoms with Crippen molar-refractivity contribution in [2.24, 2.45) is 5.73 Å². The molecule has 28 heavy (non-hydrogen) atoms. The summed E-state index contributed by atoms with van der Waals surface area (Å²) in [6.45, 7) is 3.40. The Hall–Kier alpha value is -2.18. The summed E-state index contributed by atoms with van der Waals surface area (Å²) in [5.41, 5.74) is 9.46. The van der Waals surface area contributed by atoms with Crippen molar-refractivity contribution in [1.82, 2.24) is 4.72 Å². The van der Waals surface area contributed by atoms with Crippen LogP contribution in [0.25, 0.3) is 11.1 Å². The Morgan fingerprint density at radius 2 is 1.89 bits per heavy atom. The molecule has 0 saturated heterocycles. The molecule has 2 aromatic carbocycles. The zero-order chi connectivity index (χ0) is 20.3. The van der Waals surface area contributed by atoms with Gasteiger partial charge in [0.2, 0.25) is 15.9 Å². The monoisotopic (exact) mass is 400 g/mol. The fourth-order valence-electron chi connectivity index (χ4n) is 3.95. The average molecular weight is 401 g/mol. The van der Waals surface area contributed by atoms with Crippen LogP contribution < -0.4 is 10.5 Å². The summed E-state index contributed by atoms with van der Waals surface area (Å²) in [6, 6.07) is 15.9. The van der Waals surface area contributed by atoms with Crippen molar-refractivity contribution in [3.8, 4) is 11.1 Å². The molecule has 1 fully saturated rings. The summed E-state index contributed by atoms with van der Waals surface area (Å²) in [4.78, 5) is 11.3. The quantitative estimate of drug-likeness (QED) is 0.747. The third-order valence-electron chi connectivity index (χ3n) is 5.43. The number of rotatable bonds is 7. The van der Waals surface area contributed by atoms with E-state index in [-0.39, 0.29) is 24.3 Å². The number of primary amides is 1. The first-order valence-corrected chi connectivity index (χ1v) is 11.3. The van der Waals surface area contributed by atoms with Crippen molar-refractivity contribution in [3.63, 3.8) is 0 Å². The van der Waals surface area contributed by atoms with Gasteiger partial charge in [-0.3, -0.25) is 4.79 Å². The number of benzene rings is 2. The molecule has 150 valence electrons. The average Bonchev–Trinajstić information content (AvgIpc) is 3.08. The van der Waals surface area contributed by atoms with Crippen LogP contribution in [0.4, 0.5) is 0 Å². The molecule has 1 amide bonds. The van der Waals surface area contributed by atoms with E-state index in [4.69, 9.17) is 5.73 Å². The van der Waals surface area contributed by atoms with Gasteiger partial charge in [0.25, 0.3) is 0 Å². The second-order valence-corrected chi connectivity index (χ2v) is 10.1. The SMILES string of the molecule is CC(C)S(=O)(=O)NC1CCCC1c1ccccc1-c1cccc(CC(N)=O)c1.